The van der Waals surface area contributed by atoms with Crippen molar-refractivity contribution in [2.45, 2.75) is 38.8 Å². The highest BCUT2D eigenvalue weighted by molar-refractivity contribution is 5.80. The van der Waals surface area contributed by atoms with Crippen molar-refractivity contribution in [3.63, 3.8) is 0 Å². The van der Waals surface area contributed by atoms with Crippen LogP contribution in [0.15, 0.2) is 39.9 Å². The van der Waals surface area contributed by atoms with E-state index in [0.29, 0.717) is 6.54 Å². The third-order valence-electron chi connectivity index (χ3n) is 6.22. The molecule has 0 amide bonds. The third kappa shape index (κ3) is 4.82. The van der Waals surface area contributed by atoms with E-state index in [4.69, 9.17) is 18.9 Å². The van der Waals surface area contributed by atoms with E-state index in [-0.39, 0.29) is 6.04 Å². The summed E-state index contributed by atoms with van der Waals surface area (Å²) in [6.45, 7) is 7.58. The summed E-state index contributed by atoms with van der Waals surface area (Å²) in [5.41, 5.74) is 2.58. The van der Waals surface area contributed by atoms with E-state index in [1.54, 1.807) is 20.5 Å². The lowest BCUT2D eigenvalue weighted by atomic mass is 9.99. The van der Waals surface area contributed by atoms with Crippen LogP contribution in [0, 0.1) is 0 Å². The van der Waals surface area contributed by atoms with E-state index >= 15 is 0 Å². The van der Waals surface area contributed by atoms with Gasteiger partial charge in [-0.2, -0.15) is 0 Å². The Labute approximate surface area is 185 Å². The zero-order valence-electron chi connectivity index (χ0n) is 18.9. The van der Waals surface area contributed by atoms with E-state index in [2.05, 4.69) is 40.2 Å². The average Bonchev–Trinajstić information content (AvgIpc) is 3.52. The molecule has 1 aromatic carbocycles. The van der Waals surface area contributed by atoms with Gasteiger partial charge in [0.25, 0.3) is 0 Å². The van der Waals surface area contributed by atoms with E-state index < -0.39 is 0 Å². The third-order valence-corrected chi connectivity index (χ3v) is 6.22. The summed E-state index contributed by atoms with van der Waals surface area (Å²) in [6, 6.07) is 8.43. The molecule has 7 nitrogen and oxygen atoms in total. The number of nitrogens with one attached hydrogen (secondary N) is 1. The number of likely N-dealkylation sites (tertiary alicyclic amines) is 1. The number of nitrogens with zero attached hydrogens (tertiary/aromatic N) is 3. The van der Waals surface area contributed by atoms with Gasteiger partial charge in [0, 0.05) is 19.6 Å². The molecule has 1 atom stereocenters. The molecule has 1 fully saturated rings. The van der Waals surface area contributed by atoms with Crippen LogP contribution >= 0.6 is 0 Å². The molecule has 7 heteroatoms. The minimum atomic E-state index is 0.188. The smallest absolute Gasteiger partial charge is 0.194 e. The maximum absolute atomic E-state index is 5.77. The molecular formula is C24H34N4O3. The van der Waals surface area contributed by atoms with Crippen molar-refractivity contribution in [1.82, 2.24) is 15.1 Å². The van der Waals surface area contributed by atoms with Crippen molar-refractivity contribution < 1.29 is 13.9 Å². The molecular weight excluding hydrogens is 392 g/mol. The Morgan fingerprint density at radius 3 is 2.52 bits per heavy atom. The van der Waals surface area contributed by atoms with Crippen LogP contribution in [0.1, 0.15) is 42.7 Å². The first-order valence-electron chi connectivity index (χ1n) is 11.3. The van der Waals surface area contributed by atoms with Crippen molar-refractivity contribution in [3.05, 3.63) is 47.4 Å². The monoisotopic (exact) mass is 426 g/mol. The summed E-state index contributed by atoms with van der Waals surface area (Å²) in [7, 11) is 3.37. The fourth-order valence-corrected chi connectivity index (χ4v) is 4.58. The van der Waals surface area contributed by atoms with Crippen LogP contribution in [-0.4, -0.2) is 62.7 Å². The molecule has 3 heterocycles. The second-order valence-corrected chi connectivity index (χ2v) is 8.12. The molecule has 0 bridgehead atoms. The Kier molecular flexibility index (Phi) is 7.02. The van der Waals surface area contributed by atoms with Gasteiger partial charge in [0.1, 0.15) is 5.76 Å². The van der Waals surface area contributed by atoms with Crippen molar-refractivity contribution in [1.29, 1.82) is 0 Å². The Morgan fingerprint density at radius 1 is 1.13 bits per heavy atom. The molecule has 1 unspecified atom stereocenters. The first-order chi connectivity index (χ1) is 15.2. The van der Waals surface area contributed by atoms with Crippen LogP contribution in [0.5, 0.6) is 11.5 Å². The highest BCUT2D eigenvalue weighted by Gasteiger charge is 2.27. The second kappa shape index (κ2) is 10.1. The zero-order chi connectivity index (χ0) is 21.6. The fraction of sp³-hybridized carbons (Fsp3) is 0.542. The van der Waals surface area contributed by atoms with E-state index in [0.717, 1.165) is 62.4 Å². The lowest BCUT2D eigenvalue weighted by Gasteiger charge is -2.33. The molecule has 1 aromatic heterocycles. The van der Waals surface area contributed by atoms with Gasteiger partial charge in [0.15, 0.2) is 17.5 Å². The SMILES string of the molecule is CCNC(=NCC(c1ccco1)N1CCCC1)N1CCc2cc(OC)c(OC)cc2C1. The van der Waals surface area contributed by atoms with Gasteiger partial charge in [-0.1, -0.05) is 0 Å². The van der Waals surface area contributed by atoms with Gasteiger partial charge in [-0.3, -0.25) is 9.89 Å². The number of ether oxygens (including phenoxy) is 2. The second-order valence-electron chi connectivity index (χ2n) is 8.12. The molecule has 2 aliphatic rings. The molecule has 0 saturated carbocycles. The minimum absolute atomic E-state index is 0.188. The molecule has 31 heavy (non-hydrogen) atoms. The fourth-order valence-electron chi connectivity index (χ4n) is 4.58. The zero-order valence-corrected chi connectivity index (χ0v) is 18.9. The first kappa shape index (κ1) is 21.6. The summed E-state index contributed by atoms with van der Waals surface area (Å²) in [6.07, 6.45) is 5.20. The molecule has 1 saturated heterocycles. The molecule has 0 aliphatic carbocycles. The summed E-state index contributed by atoms with van der Waals surface area (Å²) < 4.78 is 16.8. The van der Waals surface area contributed by atoms with Crippen LogP contribution in [-0.2, 0) is 13.0 Å². The van der Waals surface area contributed by atoms with Gasteiger partial charge in [0.2, 0.25) is 0 Å². The van der Waals surface area contributed by atoms with E-state index in [9.17, 15) is 0 Å². The molecule has 4 rings (SSSR count). The maximum Gasteiger partial charge on any atom is 0.194 e. The van der Waals surface area contributed by atoms with Crippen molar-refractivity contribution in [2.24, 2.45) is 4.99 Å². The summed E-state index contributed by atoms with van der Waals surface area (Å²) in [4.78, 5) is 9.89. The van der Waals surface area contributed by atoms with Crippen LogP contribution < -0.4 is 14.8 Å². The van der Waals surface area contributed by atoms with Crippen LogP contribution in [0.3, 0.4) is 0 Å². The van der Waals surface area contributed by atoms with Crippen LogP contribution in [0.25, 0.3) is 0 Å². The number of aliphatic imine (C=N–C) groups is 1. The normalized spacial score (nSPS) is 18.0. The predicted octanol–water partition coefficient (Wildman–Crippen LogP) is 3.46. The van der Waals surface area contributed by atoms with Crippen molar-refractivity contribution in [2.75, 3.05) is 46.9 Å². The lowest BCUT2D eigenvalue weighted by Crippen LogP contribution is -2.44. The highest BCUT2D eigenvalue weighted by atomic mass is 16.5. The summed E-state index contributed by atoms with van der Waals surface area (Å²) >= 11 is 0. The number of methoxy groups -OCH3 is 2. The van der Waals surface area contributed by atoms with Gasteiger partial charge in [-0.05, 0) is 74.7 Å². The van der Waals surface area contributed by atoms with Gasteiger partial charge in [-0.15, -0.1) is 0 Å². The number of furan rings is 1. The molecule has 2 aromatic rings. The molecule has 0 spiro atoms. The lowest BCUT2D eigenvalue weighted by molar-refractivity contribution is 0.220. The average molecular weight is 427 g/mol. The molecule has 1 N–H and O–H groups in total. The number of fused-ring (bicyclic) bond motifs is 1. The first-order valence-corrected chi connectivity index (χ1v) is 11.3. The maximum atomic E-state index is 5.77. The van der Waals surface area contributed by atoms with Gasteiger partial charge >= 0.3 is 0 Å². The number of hydrogen-bond donors (Lipinski definition) is 1. The molecule has 168 valence electrons. The van der Waals surface area contributed by atoms with Gasteiger partial charge in [0.05, 0.1) is 33.1 Å². The Balaban J connectivity index is 1.53. The minimum Gasteiger partial charge on any atom is -0.493 e. The number of benzene rings is 1. The largest absolute Gasteiger partial charge is 0.493 e. The number of hydrogen-bond acceptors (Lipinski definition) is 5. The Bertz CT molecular complexity index is 875. The quantitative estimate of drug-likeness (QED) is 0.540. The van der Waals surface area contributed by atoms with Gasteiger partial charge in [-0.25, -0.2) is 0 Å². The standard InChI is InChI=1S/C24H34N4O3/c1-4-25-24(26-16-20(21-8-7-13-31-21)27-10-5-6-11-27)28-12-9-18-14-22(29-2)23(30-3)15-19(18)17-28/h7-8,13-15,20H,4-6,9-12,16-17H2,1-3H3,(H,25,26). The molecule has 0 radical (unpaired) electrons. The Hall–Kier alpha value is -2.67. The number of rotatable bonds is 7. The predicted molar refractivity (Wildman–Crippen MR) is 122 cm³/mol. The summed E-state index contributed by atoms with van der Waals surface area (Å²) in [5.74, 6) is 3.53. The topological polar surface area (TPSA) is 62.5 Å². The van der Waals surface area contributed by atoms with Gasteiger partial charge < -0.3 is 24.1 Å². The van der Waals surface area contributed by atoms with Crippen molar-refractivity contribution in [3.8, 4) is 11.5 Å². The van der Waals surface area contributed by atoms with Crippen LogP contribution in [0.2, 0.25) is 0 Å². The van der Waals surface area contributed by atoms with E-state index in [1.165, 1.54) is 24.0 Å². The highest BCUT2D eigenvalue weighted by Crippen LogP contribution is 2.33. The number of guanidine groups is 1. The van der Waals surface area contributed by atoms with E-state index in [1.807, 2.05) is 6.07 Å². The molecule has 2 aliphatic heterocycles. The Morgan fingerprint density at radius 2 is 1.87 bits per heavy atom. The van der Waals surface area contributed by atoms with Crippen LogP contribution in [0.4, 0.5) is 0 Å². The summed E-state index contributed by atoms with van der Waals surface area (Å²) in [5, 5.41) is 3.50. The van der Waals surface area contributed by atoms with Crippen molar-refractivity contribution >= 4 is 5.96 Å².